The first-order chi connectivity index (χ1) is 17.9. The summed E-state index contributed by atoms with van der Waals surface area (Å²) in [4.78, 5) is 27.8. The van der Waals surface area contributed by atoms with Crippen LogP contribution in [0, 0.1) is 0 Å². The van der Waals surface area contributed by atoms with Crippen molar-refractivity contribution in [3.8, 4) is 17.2 Å². The summed E-state index contributed by atoms with van der Waals surface area (Å²) < 4.78 is 34.9. The molecule has 1 atom stereocenters. The Morgan fingerprint density at radius 1 is 1.03 bits per heavy atom. The van der Waals surface area contributed by atoms with Gasteiger partial charge in [-0.1, -0.05) is 24.3 Å². The maximum atomic E-state index is 14.1. The first-order valence-corrected chi connectivity index (χ1v) is 12.0. The van der Waals surface area contributed by atoms with Crippen LogP contribution < -0.4 is 15.5 Å². The molecule has 2 aromatic carbocycles. The number of fused-ring (bicyclic) bond motifs is 1. The highest BCUT2D eigenvalue weighted by Crippen LogP contribution is 2.30. The predicted molar refractivity (Wildman–Crippen MR) is 137 cm³/mol. The number of hydrogen-bond donors (Lipinski definition) is 2. The Bertz CT molecular complexity index is 1400. The molecule has 1 saturated heterocycles. The number of ether oxygens (including phenoxy) is 1. The van der Waals surface area contributed by atoms with E-state index in [2.05, 4.69) is 25.6 Å². The molecule has 0 saturated carbocycles. The summed E-state index contributed by atoms with van der Waals surface area (Å²) in [6, 6.07) is 15.7. The van der Waals surface area contributed by atoms with E-state index in [4.69, 9.17) is 4.74 Å². The van der Waals surface area contributed by atoms with Gasteiger partial charge < -0.3 is 20.3 Å². The summed E-state index contributed by atoms with van der Waals surface area (Å²) in [7, 11) is 1.72. The van der Waals surface area contributed by atoms with E-state index in [1.807, 2.05) is 23.1 Å². The van der Waals surface area contributed by atoms with E-state index in [1.54, 1.807) is 50.4 Å². The SMILES string of the molecule is CNC(C)C(=O)Nc1ccc(-c2cc(N3CCOCC3)nc(-n3c(C(F)F)nc4ccccc43)n2)cc1. The zero-order valence-electron chi connectivity index (χ0n) is 20.5. The smallest absolute Gasteiger partial charge is 0.296 e. The predicted octanol–water partition coefficient (Wildman–Crippen LogP) is 3.80. The lowest BCUT2D eigenvalue weighted by atomic mass is 10.1. The van der Waals surface area contributed by atoms with E-state index in [0.29, 0.717) is 54.5 Å². The van der Waals surface area contributed by atoms with Gasteiger partial charge in [0.25, 0.3) is 6.43 Å². The normalized spacial score (nSPS) is 14.8. The van der Waals surface area contributed by atoms with E-state index in [9.17, 15) is 13.6 Å². The van der Waals surface area contributed by atoms with Crippen LogP contribution in [0.1, 0.15) is 19.2 Å². The molecule has 3 heterocycles. The van der Waals surface area contributed by atoms with E-state index in [-0.39, 0.29) is 17.9 Å². The van der Waals surface area contributed by atoms with Crippen molar-refractivity contribution in [1.82, 2.24) is 24.8 Å². The van der Waals surface area contributed by atoms with Crippen molar-refractivity contribution in [1.29, 1.82) is 0 Å². The number of nitrogens with zero attached hydrogens (tertiary/aromatic N) is 5. The first-order valence-electron chi connectivity index (χ1n) is 12.0. The molecule has 2 N–H and O–H groups in total. The van der Waals surface area contributed by atoms with E-state index in [0.717, 1.165) is 5.56 Å². The third-order valence-electron chi connectivity index (χ3n) is 6.29. The number of anilines is 2. The topological polar surface area (TPSA) is 97.2 Å². The monoisotopic (exact) mass is 507 g/mol. The molecule has 0 aliphatic carbocycles. The number of carbonyl (C=O) groups excluding carboxylic acids is 1. The Labute approximate surface area is 212 Å². The highest BCUT2D eigenvalue weighted by Gasteiger charge is 2.24. The van der Waals surface area contributed by atoms with Gasteiger partial charge in [-0.25, -0.2) is 18.7 Å². The molecular weight excluding hydrogens is 480 g/mol. The zero-order chi connectivity index (χ0) is 25.9. The molecule has 1 aliphatic rings. The van der Waals surface area contributed by atoms with Crippen molar-refractivity contribution in [2.75, 3.05) is 43.6 Å². The molecule has 1 amide bonds. The summed E-state index contributed by atoms with van der Waals surface area (Å²) >= 11 is 0. The maximum absolute atomic E-state index is 14.1. The number of benzene rings is 2. The van der Waals surface area contributed by atoms with Gasteiger partial charge in [0.05, 0.1) is 36.0 Å². The van der Waals surface area contributed by atoms with Gasteiger partial charge in [-0.05, 0) is 38.2 Å². The molecule has 0 bridgehead atoms. The summed E-state index contributed by atoms with van der Waals surface area (Å²) in [5.41, 5.74) is 2.89. The van der Waals surface area contributed by atoms with E-state index < -0.39 is 12.2 Å². The van der Waals surface area contributed by atoms with Gasteiger partial charge in [-0.2, -0.15) is 4.98 Å². The minimum absolute atomic E-state index is 0.114. The van der Waals surface area contributed by atoms with Gasteiger partial charge in [0.1, 0.15) is 5.82 Å². The summed E-state index contributed by atoms with van der Waals surface area (Å²) in [6.45, 7) is 4.11. The largest absolute Gasteiger partial charge is 0.378 e. The third-order valence-corrected chi connectivity index (χ3v) is 6.29. The highest BCUT2D eigenvalue weighted by atomic mass is 19.3. The van der Waals surface area contributed by atoms with Gasteiger partial charge >= 0.3 is 0 Å². The lowest BCUT2D eigenvalue weighted by molar-refractivity contribution is -0.117. The number of aromatic nitrogens is 4. The molecule has 2 aromatic heterocycles. The second-order valence-electron chi connectivity index (χ2n) is 8.68. The number of rotatable bonds is 7. The van der Waals surface area contributed by atoms with Crippen LogP contribution in [0.3, 0.4) is 0 Å². The van der Waals surface area contributed by atoms with Crippen LogP contribution in [0.15, 0.2) is 54.6 Å². The molecule has 37 heavy (non-hydrogen) atoms. The molecule has 4 aromatic rings. The summed E-state index contributed by atoms with van der Waals surface area (Å²) in [6.07, 6.45) is -2.81. The number of halogens is 2. The van der Waals surface area contributed by atoms with Crippen molar-refractivity contribution in [3.63, 3.8) is 0 Å². The average Bonchev–Trinajstić information content (AvgIpc) is 3.33. The van der Waals surface area contributed by atoms with Crippen LogP contribution in [0.4, 0.5) is 20.3 Å². The van der Waals surface area contributed by atoms with Gasteiger partial charge in [0.2, 0.25) is 11.9 Å². The molecule has 1 unspecified atom stereocenters. The van der Waals surface area contributed by atoms with Gasteiger partial charge in [-0.3, -0.25) is 9.36 Å². The maximum Gasteiger partial charge on any atom is 0.296 e. The Morgan fingerprint density at radius 3 is 2.46 bits per heavy atom. The minimum atomic E-state index is -2.81. The number of likely N-dealkylation sites (N-methyl/N-ethyl adjacent to an activating group) is 1. The van der Waals surface area contributed by atoms with Gasteiger partial charge in [0.15, 0.2) is 5.82 Å². The molecule has 1 fully saturated rings. The van der Waals surface area contributed by atoms with Crippen LogP contribution in [0.25, 0.3) is 28.2 Å². The fourth-order valence-electron chi connectivity index (χ4n) is 4.13. The van der Waals surface area contributed by atoms with Crippen LogP contribution in [-0.4, -0.2) is 64.8 Å². The third kappa shape index (κ3) is 5.13. The second-order valence-corrected chi connectivity index (χ2v) is 8.68. The molecule has 0 spiro atoms. The van der Waals surface area contributed by atoms with Crippen molar-refractivity contribution in [2.45, 2.75) is 19.4 Å². The standard InChI is InChI=1S/C26H27F2N7O2/c1-16(29-2)25(36)30-18-9-7-17(8-10-18)20-15-22(34-11-13-37-14-12-34)33-26(32-20)35-21-6-4-3-5-19(21)31-24(35)23(27)28/h3-10,15-16,23,29H,11-14H2,1-2H3,(H,30,36). The fourth-order valence-corrected chi connectivity index (χ4v) is 4.13. The first kappa shape index (κ1) is 24.7. The van der Waals surface area contributed by atoms with Crippen molar-refractivity contribution in [3.05, 3.63) is 60.4 Å². The van der Waals surface area contributed by atoms with E-state index >= 15 is 0 Å². The highest BCUT2D eigenvalue weighted by molar-refractivity contribution is 5.94. The number of hydrogen-bond acceptors (Lipinski definition) is 7. The number of alkyl halides is 2. The Hall–Kier alpha value is -3.96. The second kappa shape index (κ2) is 10.6. The van der Waals surface area contributed by atoms with Gasteiger partial charge in [-0.15, -0.1) is 0 Å². The van der Waals surface area contributed by atoms with E-state index in [1.165, 1.54) is 4.57 Å². The number of morpholine rings is 1. The molecule has 11 heteroatoms. The van der Waals surface area contributed by atoms with Crippen LogP contribution in [0.5, 0.6) is 0 Å². The zero-order valence-corrected chi connectivity index (χ0v) is 20.5. The molecule has 5 rings (SSSR count). The Morgan fingerprint density at radius 2 is 1.76 bits per heavy atom. The Kier molecular flexibility index (Phi) is 7.06. The van der Waals surface area contributed by atoms with Crippen LogP contribution >= 0.6 is 0 Å². The summed E-state index contributed by atoms with van der Waals surface area (Å²) in [5.74, 6) is 0.161. The Balaban J connectivity index is 1.59. The lowest BCUT2D eigenvalue weighted by Crippen LogP contribution is -2.37. The van der Waals surface area contributed by atoms with Crippen molar-refractivity contribution >= 4 is 28.4 Å². The number of amides is 1. The molecule has 0 radical (unpaired) electrons. The van der Waals surface area contributed by atoms with Gasteiger partial charge in [0, 0.05) is 30.4 Å². The number of nitrogens with one attached hydrogen (secondary N) is 2. The number of para-hydroxylation sites is 2. The molecule has 9 nitrogen and oxygen atoms in total. The minimum Gasteiger partial charge on any atom is -0.378 e. The number of imidazole rings is 1. The van der Waals surface area contributed by atoms with Crippen molar-refractivity contribution < 1.29 is 18.3 Å². The molecule has 192 valence electrons. The van der Waals surface area contributed by atoms with Crippen molar-refractivity contribution in [2.24, 2.45) is 0 Å². The quantitative estimate of drug-likeness (QED) is 0.393. The van der Waals surface area contributed by atoms with Crippen LogP contribution in [-0.2, 0) is 9.53 Å². The molecule has 1 aliphatic heterocycles. The average molecular weight is 508 g/mol. The number of carbonyl (C=O) groups is 1. The molecular formula is C26H27F2N7O2. The van der Waals surface area contributed by atoms with Crippen LogP contribution in [0.2, 0.25) is 0 Å². The lowest BCUT2D eigenvalue weighted by Gasteiger charge is -2.28. The summed E-state index contributed by atoms with van der Waals surface area (Å²) in [5, 5.41) is 5.76. The fraction of sp³-hybridized carbons (Fsp3) is 0.308.